The number of hydrogen-bond donors (Lipinski definition) is 1. The minimum atomic E-state index is -4.83. The number of carbonyl (C=O) groups is 2. The number of amides is 2. The number of benzene rings is 2. The van der Waals surface area contributed by atoms with E-state index < -0.39 is 40.5 Å². The van der Waals surface area contributed by atoms with E-state index in [-0.39, 0.29) is 28.6 Å². The van der Waals surface area contributed by atoms with Crippen LogP contribution in [0.1, 0.15) is 40.9 Å². The minimum absolute atomic E-state index is 0.142. The molecule has 32 heavy (non-hydrogen) atoms. The van der Waals surface area contributed by atoms with Gasteiger partial charge in [-0.25, -0.2) is 4.39 Å². The van der Waals surface area contributed by atoms with E-state index in [4.69, 9.17) is 17.5 Å². The minimum Gasteiger partial charge on any atom is -0.348 e. The molecule has 2 aromatic rings. The number of rotatable bonds is 2. The lowest BCUT2D eigenvalue weighted by Crippen LogP contribution is -2.44. The van der Waals surface area contributed by atoms with E-state index in [0.717, 1.165) is 17.0 Å². The van der Waals surface area contributed by atoms with Gasteiger partial charge in [0.15, 0.2) is 5.11 Å². The van der Waals surface area contributed by atoms with Crippen LogP contribution in [0.2, 0.25) is 0 Å². The highest BCUT2D eigenvalue weighted by atomic mass is 32.1. The van der Waals surface area contributed by atoms with Gasteiger partial charge >= 0.3 is 6.18 Å². The molecule has 4 rings (SSSR count). The summed E-state index contributed by atoms with van der Waals surface area (Å²) in [4.78, 5) is 27.3. The maximum absolute atomic E-state index is 15.0. The van der Waals surface area contributed by atoms with E-state index in [9.17, 15) is 27.2 Å². The van der Waals surface area contributed by atoms with Gasteiger partial charge in [-0.05, 0) is 62.0 Å². The van der Waals surface area contributed by atoms with Crippen LogP contribution in [0.15, 0.2) is 30.3 Å². The maximum Gasteiger partial charge on any atom is 0.417 e. The van der Waals surface area contributed by atoms with Gasteiger partial charge in [-0.3, -0.25) is 14.5 Å². The molecular weight excluding hydrogens is 448 g/mol. The topological polar surface area (TPSA) is 76.4 Å². The Morgan fingerprint density at radius 2 is 1.88 bits per heavy atom. The van der Waals surface area contributed by atoms with Crippen LogP contribution in [0.5, 0.6) is 0 Å². The molecule has 0 bridgehead atoms. The van der Waals surface area contributed by atoms with E-state index in [1.165, 1.54) is 36.9 Å². The summed E-state index contributed by atoms with van der Waals surface area (Å²) in [6.45, 7) is 3.06. The van der Waals surface area contributed by atoms with Crippen LogP contribution in [-0.2, 0) is 17.5 Å². The molecule has 0 radical (unpaired) electrons. The lowest BCUT2D eigenvalue weighted by atomic mass is 10.0. The summed E-state index contributed by atoms with van der Waals surface area (Å²) in [6.07, 6.45) is -4.83. The van der Waals surface area contributed by atoms with E-state index in [2.05, 4.69) is 5.32 Å². The van der Waals surface area contributed by atoms with Crippen LogP contribution in [0.3, 0.4) is 0 Å². The largest absolute Gasteiger partial charge is 0.417 e. The molecule has 2 heterocycles. The van der Waals surface area contributed by atoms with Gasteiger partial charge in [-0.1, -0.05) is 0 Å². The first-order valence-electron chi connectivity index (χ1n) is 9.28. The van der Waals surface area contributed by atoms with Gasteiger partial charge < -0.3 is 10.2 Å². The number of alkyl halides is 3. The Balaban J connectivity index is 1.84. The molecule has 11 heteroatoms. The Bertz CT molecular complexity index is 1250. The number of fused-ring (bicyclic) bond motifs is 1. The van der Waals surface area contributed by atoms with Gasteiger partial charge in [-0.15, -0.1) is 0 Å². The fraction of sp³-hybridized carbons (Fsp3) is 0.238. The van der Waals surface area contributed by atoms with Crippen molar-refractivity contribution in [2.75, 3.05) is 9.80 Å². The third-order valence-electron chi connectivity index (χ3n) is 5.45. The van der Waals surface area contributed by atoms with Crippen molar-refractivity contribution < 1.29 is 27.2 Å². The Kier molecular flexibility index (Phi) is 4.74. The molecule has 6 nitrogen and oxygen atoms in total. The molecule has 0 saturated carbocycles. The third kappa shape index (κ3) is 3.10. The van der Waals surface area contributed by atoms with Crippen molar-refractivity contribution in [3.8, 4) is 6.07 Å². The van der Waals surface area contributed by atoms with Gasteiger partial charge in [-0.2, -0.15) is 18.4 Å². The Hall–Kier alpha value is -3.52. The molecule has 0 atom stereocenters. The highest BCUT2D eigenvalue weighted by molar-refractivity contribution is 7.81. The van der Waals surface area contributed by atoms with Gasteiger partial charge in [0, 0.05) is 12.1 Å². The van der Waals surface area contributed by atoms with Crippen LogP contribution < -0.4 is 15.1 Å². The number of nitrogens with one attached hydrogen (secondary N) is 1. The van der Waals surface area contributed by atoms with Crippen molar-refractivity contribution in [1.82, 2.24) is 5.32 Å². The summed E-state index contributed by atoms with van der Waals surface area (Å²) < 4.78 is 55.2. The standard InChI is InChI=1S/C21H14F4N4O2S/c1-20(2)18(31)28(12-4-3-10(8-26)14(6-12)21(23,24)25)19(32)29(20)16-7-13-11(5-15(16)22)9-27-17(13)30/h3-7H,9H2,1-2H3,(H,27,30). The Morgan fingerprint density at radius 3 is 2.50 bits per heavy atom. The monoisotopic (exact) mass is 462 g/mol. The normalized spacial score (nSPS) is 17.5. The molecule has 1 saturated heterocycles. The van der Waals surface area contributed by atoms with Crippen LogP contribution in [0, 0.1) is 17.1 Å². The summed E-state index contributed by atoms with van der Waals surface area (Å²) >= 11 is 5.38. The molecular formula is C21H14F4N4O2S. The Labute approximate surface area is 185 Å². The average Bonchev–Trinajstić information content (AvgIpc) is 3.14. The number of nitriles is 1. The first-order valence-corrected chi connectivity index (χ1v) is 9.69. The zero-order valence-corrected chi connectivity index (χ0v) is 17.5. The molecule has 2 aliphatic rings. The van der Waals surface area contributed by atoms with Crippen molar-refractivity contribution in [2.45, 2.75) is 32.1 Å². The predicted octanol–water partition coefficient (Wildman–Crippen LogP) is 3.88. The molecule has 0 aromatic heterocycles. The van der Waals surface area contributed by atoms with E-state index in [1.807, 2.05) is 0 Å². The fourth-order valence-corrected chi connectivity index (χ4v) is 4.35. The summed E-state index contributed by atoms with van der Waals surface area (Å²) in [5.74, 6) is -1.83. The molecule has 0 unspecified atom stereocenters. The molecule has 2 aromatic carbocycles. The molecule has 0 spiro atoms. The first kappa shape index (κ1) is 21.7. The van der Waals surface area contributed by atoms with E-state index >= 15 is 0 Å². The smallest absolute Gasteiger partial charge is 0.348 e. The van der Waals surface area contributed by atoms with Crippen molar-refractivity contribution in [2.24, 2.45) is 0 Å². The van der Waals surface area contributed by atoms with Gasteiger partial charge in [0.2, 0.25) is 0 Å². The lowest BCUT2D eigenvalue weighted by Gasteiger charge is -2.30. The first-order chi connectivity index (χ1) is 14.9. The highest BCUT2D eigenvalue weighted by Crippen LogP contribution is 2.41. The number of halogens is 4. The Morgan fingerprint density at radius 1 is 1.19 bits per heavy atom. The fourth-order valence-electron chi connectivity index (χ4n) is 3.83. The zero-order valence-electron chi connectivity index (χ0n) is 16.7. The number of thiocarbonyl (C=S) groups is 1. The van der Waals surface area contributed by atoms with Crippen molar-refractivity contribution in [3.05, 3.63) is 58.4 Å². The summed E-state index contributed by atoms with van der Waals surface area (Å²) in [5, 5.41) is 11.3. The van der Waals surface area contributed by atoms with Gasteiger partial charge in [0.05, 0.1) is 28.6 Å². The van der Waals surface area contributed by atoms with Crippen LogP contribution >= 0.6 is 12.2 Å². The summed E-state index contributed by atoms with van der Waals surface area (Å²) in [7, 11) is 0. The third-order valence-corrected chi connectivity index (χ3v) is 5.82. The highest BCUT2D eigenvalue weighted by Gasteiger charge is 2.51. The number of anilines is 2. The van der Waals surface area contributed by atoms with Crippen LogP contribution in [0.4, 0.5) is 28.9 Å². The van der Waals surface area contributed by atoms with Crippen molar-refractivity contribution in [3.63, 3.8) is 0 Å². The molecule has 0 aliphatic carbocycles. The lowest BCUT2D eigenvalue weighted by molar-refractivity contribution is -0.137. The summed E-state index contributed by atoms with van der Waals surface area (Å²) in [6, 6.07) is 6.70. The second-order valence-electron chi connectivity index (χ2n) is 7.80. The van der Waals surface area contributed by atoms with Gasteiger partial charge in [0.25, 0.3) is 11.8 Å². The number of nitrogens with zero attached hydrogens (tertiary/aromatic N) is 3. The number of carbonyl (C=O) groups excluding carboxylic acids is 2. The van der Waals surface area contributed by atoms with E-state index in [1.54, 1.807) is 0 Å². The number of hydrogen-bond acceptors (Lipinski definition) is 4. The maximum atomic E-state index is 15.0. The van der Waals surface area contributed by atoms with Gasteiger partial charge in [0.1, 0.15) is 11.4 Å². The second kappa shape index (κ2) is 7.00. The van der Waals surface area contributed by atoms with Crippen LogP contribution in [-0.4, -0.2) is 22.5 Å². The van der Waals surface area contributed by atoms with Crippen molar-refractivity contribution in [1.29, 1.82) is 5.26 Å². The van der Waals surface area contributed by atoms with E-state index in [0.29, 0.717) is 11.6 Å². The zero-order chi connectivity index (χ0) is 23.6. The quantitative estimate of drug-likeness (QED) is 0.542. The van der Waals surface area contributed by atoms with Crippen molar-refractivity contribution >= 4 is 40.5 Å². The molecule has 1 fully saturated rings. The predicted molar refractivity (Wildman–Crippen MR) is 110 cm³/mol. The molecule has 164 valence electrons. The molecule has 1 N–H and O–H groups in total. The molecule has 2 aliphatic heterocycles. The average molecular weight is 462 g/mol. The SMILES string of the molecule is CC1(C)C(=O)N(c2ccc(C#N)c(C(F)(F)F)c2)C(=S)N1c1cc2c(cc1F)CNC2=O. The molecule has 2 amide bonds. The van der Waals surface area contributed by atoms with Crippen LogP contribution in [0.25, 0.3) is 0 Å². The second-order valence-corrected chi connectivity index (χ2v) is 8.17. The summed E-state index contributed by atoms with van der Waals surface area (Å²) in [5.41, 5.74) is -2.96.